The fourth-order valence-electron chi connectivity index (χ4n) is 4.69. The van der Waals surface area contributed by atoms with Gasteiger partial charge >= 0.3 is 5.97 Å². The Morgan fingerprint density at radius 3 is 2.58 bits per heavy atom. The summed E-state index contributed by atoms with van der Waals surface area (Å²) < 4.78 is 0. The Hall–Kier alpha value is -2.17. The van der Waals surface area contributed by atoms with E-state index in [0.29, 0.717) is 12.0 Å². The summed E-state index contributed by atoms with van der Waals surface area (Å²) >= 11 is 0. The number of carboxylic acid groups (broad SMARTS) is 1. The second kappa shape index (κ2) is 7.22. The molecule has 2 fully saturated rings. The molecule has 2 aromatic rings. The van der Waals surface area contributed by atoms with Gasteiger partial charge in [-0.2, -0.15) is 0 Å². The zero-order chi connectivity index (χ0) is 18.1. The lowest BCUT2D eigenvalue weighted by atomic mass is 10.00. The summed E-state index contributed by atoms with van der Waals surface area (Å²) in [6.45, 7) is 5.78. The van der Waals surface area contributed by atoms with Crippen molar-refractivity contribution < 1.29 is 9.90 Å². The molecule has 4 nitrogen and oxygen atoms in total. The van der Waals surface area contributed by atoms with E-state index in [2.05, 4.69) is 34.1 Å². The molecule has 0 amide bonds. The molecule has 2 saturated heterocycles. The average molecular weight is 350 g/mol. The van der Waals surface area contributed by atoms with Gasteiger partial charge in [-0.05, 0) is 42.5 Å². The number of benzene rings is 2. The van der Waals surface area contributed by atoms with Crippen molar-refractivity contribution in [3.8, 4) is 0 Å². The van der Waals surface area contributed by atoms with Crippen molar-refractivity contribution in [1.82, 2.24) is 9.80 Å². The first-order valence-electron chi connectivity index (χ1n) is 9.44. The number of likely N-dealkylation sites (tertiary alicyclic amines) is 2. The third kappa shape index (κ3) is 3.27. The smallest absolute Gasteiger partial charge is 0.325 e. The Labute approximate surface area is 155 Å². The van der Waals surface area contributed by atoms with Crippen molar-refractivity contribution in [2.24, 2.45) is 5.92 Å². The topological polar surface area (TPSA) is 43.8 Å². The Balaban J connectivity index is 1.52. The van der Waals surface area contributed by atoms with Crippen LogP contribution in [0.15, 0.2) is 54.6 Å². The van der Waals surface area contributed by atoms with E-state index in [4.69, 9.17) is 0 Å². The van der Waals surface area contributed by atoms with Gasteiger partial charge in [0.1, 0.15) is 6.04 Å². The molecule has 3 atom stereocenters. The van der Waals surface area contributed by atoms with Gasteiger partial charge in [-0.15, -0.1) is 0 Å². The molecule has 1 N–H and O–H groups in total. The highest BCUT2D eigenvalue weighted by Gasteiger charge is 2.45. The summed E-state index contributed by atoms with van der Waals surface area (Å²) in [5.74, 6) is -0.168. The normalized spacial score (nSPS) is 24.5. The highest BCUT2D eigenvalue weighted by atomic mass is 16.4. The zero-order valence-corrected chi connectivity index (χ0v) is 15.2. The number of carbonyl (C=O) groups is 1. The highest BCUT2D eigenvalue weighted by Crippen LogP contribution is 2.37. The van der Waals surface area contributed by atoms with Crippen molar-refractivity contribution in [3.63, 3.8) is 0 Å². The molecule has 2 aliphatic heterocycles. The van der Waals surface area contributed by atoms with E-state index >= 15 is 0 Å². The Morgan fingerprint density at radius 2 is 1.85 bits per heavy atom. The lowest BCUT2D eigenvalue weighted by molar-refractivity contribution is -0.143. The molecule has 0 bridgehead atoms. The fourth-order valence-corrected chi connectivity index (χ4v) is 4.69. The molecule has 0 aromatic heterocycles. The van der Waals surface area contributed by atoms with Crippen molar-refractivity contribution in [2.75, 3.05) is 19.6 Å². The van der Waals surface area contributed by atoms with Crippen LogP contribution in [0.4, 0.5) is 0 Å². The Bertz CT molecular complexity index is 777. The maximum atomic E-state index is 12.1. The minimum Gasteiger partial charge on any atom is -0.480 e. The highest BCUT2D eigenvalue weighted by molar-refractivity contribution is 5.76. The van der Waals surface area contributed by atoms with Gasteiger partial charge in [-0.25, -0.2) is 0 Å². The molecule has 0 spiro atoms. The van der Waals surface area contributed by atoms with Crippen LogP contribution in [0.5, 0.6) is 0 Å². The van der Waals surface area contributed by atoms with Crippen LogP contribution in [0.25, 0.3) is 0 Å². The number of aryl methyl sites for hydroxylation is 1. The van der Waals surface area contributed by atoms with Gasteiger partial charge in [-0.3, -0.25) is 14.6 Å². The van der Waals surface area contributed by atoms with Crippen molar-refractivity contribution in [2.45, 2.75) is 32.0 Å². The SMILES string of the molecule is Cc1ccccc1C(C(=O)O)N1C[C@@H]2CCN(Cc3ccccc3)[C@@H]2C1. The van der Waals surface area contributed by atoms with Crippen molar-refractivity contribution >= 4 is 5.97 Å². The third-order valence-electron chi connectivity index (χ3n) is 6.00. The summed E-state index contributed by atoms with van der Waals surface area (Å²) in [4.78, 5) is 16.8. The molecule has 1 unspecified atom stereocenters. The molecule has 4 rings (SSSR count). The third-order valence-corrected chi connectivity index (χ3v) is 6.00. The Kier molecular flexibility index (Phi) is 4.79. The van der Waals surface area contributed by atoms with E-state index in [0.717, 1.165) is 43.7 Å². The van der Waals surface area contributed by atoms with E-state index in [9.17, 15) is 9.90 Å². The fraction of sp³-hybridized carbons (Fsp3) is 0.409. The molecule has 136 valence electrons. The van der Waals surface area contributed by atoms with Gasteiger partial charge in [-0.1, -0.05) is 54.6 Å². The van der Waals surface area contributed by atoms with Crippen LogP contribution in [0.2, 0.25) is 0 Å². The van der Waals surface area contributed by atoms with Crippen molar-refractivity contribution in [1.29, 1.82) is 0 Å². The predicted octanol–water partition coefficient (Wildman–Crippen LogP) is 3.33. The van der Waals surface area contributed by atoms with Gasteiger partial charge in [0, 0.05) is 25.7 Å². The van der Waals surface area contributed by atoms with Crippen LogP contribution < -0.4 is 0 Å². The first-order chi connectivity index (χ1) is 12.6. The minimum atomic E-state index is -0.742. The largest absolute Gasteiger partial charge is 0.480 e. The molecular weight excluding hydrogens is 324 g/mol. The number of fused-ring (bicyclic) bond motifs is 1. The number of hydrogen-bond acceptors (Lipinski definition) is 3. The second-order valence-corrected chi connectivity index (χ2v) is 7.62. The van der Waals surface area contributed by atoms with Crippen LogP contribution in [0.3, 0.4) is 0 Å². The summed E-state index contributed by atoms with van der Waals surface area (Å²) in [5.41, 5.74) is 3.31. The van der Waals surface area contributed by atoms with Crippen LogP contribution >= 0.6 is 0 Å². The summed E-state index contributed by atoms with van der Waals surface area (Å²) in [7, 11) is 0. The summed E-state index contributed by atoms with van der Waals surface area (Å²) in [5, 5.41) is 9.92. The van der Waals surface area contributed by atoms with E-state index < -0.39 is 12.0 Å². The standard InChI is InChI=1S/C22H26N2O2/c1-16-7-5-6-10-19(16)21(22(25)26)24-14-18-11-12-23(20(18)15-24)13-17-8-3-2-4-9-17/h2-10,18,20-21H,11-15H2,1H3,(H,25,26)/t18-,20+,21?/m0/s1. The van der Waals surface area contributed by atoms with Crippen LogP contribution in [0, 0.1) is 12.8 Å². The molecule has 2 aromatic carbocycles. The lowest BCUT2D eigenvalue weighted by Gasteiger charge is -2.29. The maximum Gasteiger partial charge on any atom is 0.325 e. The predicted molar refractivity (Wildman–Crippen MR) is 102 cm³/mol. The first kappa shape index (κ1) is 17.3. The second-order valence-electron chi connectivity index (χ2n) is 7.62. The lowest BCUT2D eigenvalue weighted by Crippen LogP contribution is -2.38. The zero-order valence-electron chi connectivity index (χ0n) is 15.2. The molecule has 0 saturated carbocycles. The minimum absolute atomic E-state index is 0.459. The molecule has 4 heteroatoms. The summed E-state index contributed by atoms with van der Waals surface area (Å²) in [6, 6.07) is 18.4. The maximum absolute atomic E-state index is 12.1. The quantitative estimate of drug-likeness (QED) is 0.898. The molecule has 0 aliphatic carbocycles. The monoisotopic (exact) mass is 350 g/mol. The van der Waals surface area contributed by atoms with Crippen molar-refractivity contribution in [3.05, 3.63) is 71.3 Å². The van der Waals surface area contributed by atoms with E-state index in [1.165, 1.54) is 5.56 Å². The first-order valence-corrected chi connectivity index (χ1v) is 9.44. The van der Waals surface area contributed by atoms with Crippen LogP contribution in [0.1, 0.15) is 29.2 Å². The van der Waals surface area contributed by atoms with Gasteiger partial charge in [0.05, 0.1) is 0 Å². The van der Waals surface area contributed by atoms with E-state index in [1.807, 2.05) is 37.3 Å². The molecule has 2 heterocycles. The summed E-state index contributed by atoms with van der Waals surface area (Å²) in [6.07, 6.45) is 1.16. The molecular formula is C22H26N2O2. The number of rotatable bonds is 5. The van der Waals surface area contributed by atoms with Gasteiger partial charge in [0.25, 0.3) is 0 Å². The molecule has 0 radical (unpaired) electrons. The van der Waals surface area contributed by atoms with E-state index in [1.54, 1.807) is 0 Å². The van der Waals surface area contributed by atoms with Crippen LogP contribution in [-0.4, -0.2) is 46.6 Å². The molecule has 2 aliphatic rings. The van der Waals surface area contributed by atoms with Gasteiger partial charge in [0.15, 0.2) is 0 Å². The van der Waals surface area contributed by atoms with Crippen LogP contribution in [-0.2, 0) is 11.3 Å². The number of carboxylic acids is 1. The Morgan fingerprint density at radius 1 is 1.12 bits per heavy atom. The molecule has 26 heavy (non-hydrogen) atoms. The number of nitrogens with zero attached hydrogens (tertiary/aromatic N) is 2. The van der Waals surface area contributed by atoms with Gasteiger partial charge < -0.3 is 5.11 Å². The number of aliphatic carboxylic acids is 1. The average Bonchev–Trinajstić information content (AvgIpc) is 3.19. The van der Waals surface area contributed by atoms with E-state index in [-0.39, 0.29) is 0 Å². The number of hydrogen-bond donors (Lipinski definition) is 1. The van der Waals surface area contributed by atoms with Gasteiger partial charge in [0.2, 0.25) is 0 Å².